The van der Waals surface area contributed by atoms with Crippen LogP contribution in [0.5, 0.6) is 0 Å². The SMILES string of the molecule is CC/C=C\C/C=C\C/C=C\C/C=C\C/C=C\C/C=C\CCCCCCCCCCCCCCCCCCC(=O)OC(COC(=O)CCCCCCCCCCCCCCCCCCCCCCCCCCCCCCCCCCCCC)COC(OCC[N+](C)(C)C)C(=O)[O-]. The summed E-state index contributed by atoms with van der Waals surface area (Å²) in [6.07, 6.45) is 100. The monoisotopic (exact) mass is 1330 g/mol. The number of nitrogens with zero attached hydrogens (tertiary/aromatic N) is 1. The Morgan fingerprint density at radius 1 is 0.326 bits per heavy atom. The van der Waals surface area contributed by atoms with Crippen LogP contribution in [0.4, 0.5) is 0 Å². The van der Waals surface area contributed by atoms with Crippen molar-refractivity contribution in [2.45, 2.75) is 411 Å². The Kier molecular flexibility index (Phi) is 73.9. The number of quaternary nitrogens is 1. The number of aliphatic carboxylic acids is 1. The minimum absolute atomic E-state index is 0.149. The molecule has 0 rings (SSSR count). The summed E-state index contributed by atoms with van der Waals surface area (Å²) in [6, 6.07) is 0. The van der Waals surface area contributed by atoms with Crippen LogP contribution >= 0.6 is 0 Å². The van der Waals surface area contributed by atoms with Gasteiger partial charge in [0.05, 0.1) is 40.3 Å². The Balaban J connectivity index is 3.98. The molecule has 0 amide bonds. The summed E-state index contributed by atoms with van der Waals surface area (Å²) in [5, 5.41) is 11.9. The fraction of sp³-hybridized carbons (Fsp3) is 0.826. The first-order valence-corrected chi connectivity index (χ1v) is 41.1. The predicted molar refractivity (Wildman–Crippen MR) is 408 cm³/mol. The largest absolute Gasteiger partial charge is 0.545 e. The van der Waals surface area contributed by atoms with E-state index in [1.807, 2.05) is 21.1 Å². The number of carbonyl (C=O) groups is 3. The Bertz CT molecular complexity index is 1790. The highest BCUT2D eigenvalue weighted by Crippen LogP contribution is 2.20. The number of unbranched alkanes of at least 4 members (excludes halogenated alkanes) is 50. The van der Waals surface area contributed by atoms with Gasteiger partial charge in [0.2, 0.25) is 0 Å². The highest BCUT2D eigenvalue weighted by atomic mass is 16.7. The second kappa shape index (κ2) is 76.5. The maximum absolute atomic E-state index is 13.0. The number of allylic oxidation sites excluding steroid dienone is 12. The highest BCUT2D eigenvalue weighted by molar-refractivity contribution is 5.70. The van der Waals surface area contributed by atoms with Gasteiger partial charge in [-0.05, 0) is 64.2 Å². The quantitative estimate of drug-likeness (QED) is 0.0195. The molecule has 0 spiro atoms. The number of ether oxygens (including phenoxy) is 4. The summed E-state index contributed by atoms with van der Waals surface area (Å²) < 4.78 is 22.9. The highest BCUT2D eigenvalue weighted by Gasteiger charge is 2.22. The minimum atomic E-state index is -1.62. The van der Waals surface area contributed by atoms with Crippen molar-refractivity contribution in [3.63, 3.8) is 0 Å². The van der Waals surface area contributed by atoms with E-state index in [-0.39, 0.29) is 32.2 Å². The van der Waals surface area contributed by atoms with Gasteiger partial charge in [-0.2, -0.15) is 0 Å². The maximum atomic E-state index is 13.0. The molecule has 2 atom stereocenters. The van der Waals surface area contributed by atoms with E-state index in [0.29, 0.717) is 23.9 Å². The molecule has 0 heterocycles. The van der Waals surface area contributed by atoms with Crippen LogP contribution in [0.15, 0.2) is 72.9 Å². The number of carbonyl (C=O) groups excluding carboxylic acids is 3. The van der Waals surface area contributed by atoms with E-state index >= 15 is 0 Å². The summed E-state index contributed by atoms with van der Waals surface area (Å²) in [6.45, 7) is 4.70. The van der Waals surface area contributed by atoms with Crippen molar-refractivity contribution in [1.29, 1.82) is 0 Å². The van der Waals surface area contributed by atoms with Crippen LogP contribution < -0.4 is 5.11 Å². The molecule has 9 heteroatoms. The van der Waals surface area contributed by atoms with Gasteiger partial charge in [-0.1, -0.05) is 395 Å². The number of hydrogen-bond donors (Lipinski definition) is 0. The van der Waals surface area contributed by atoms with Crippen molar-refractivity contribution in [3.05, 3.63) is 72.9 Å². The number of hydrogen-bond acceptors (Lipinski definition) is 8. The van der Waals surface area contributed by atoms with Gasteiger partial charge >= 0.3 is 11.9 Å². The molecular weight excluding hydrogens is 1170 g/mol. The molecule has 0 aliphatic carbocycles. The summed E-state index contributed by atoms with van der Waals surface area (Å²) in [5.41, 5.74) is 0. The average Bonchev–Trinajstić information content (AvgIpc) is 3.58. The minimum Gasteiger partial charge on any atom is -0.545 e. The van der Waals surface area contributed by atoms with E-state index in [0.717, 1.165) is 70.6 Å². The van der Waals surface area contributed by atoms with Crippen LogP contribution in [0.1, 0.15) is 399 Å². The first-order valence-electron chi connectivity index (χ1n) is 41.1. The molecule has 0 aliphatic rings. The first kappa shape index (κ1) is 91.7. The van der Waals surface area contributed by atoms with E-state index in [2.05, 4.69) is 86.8 Å². The number of carboxylic acids is 1. The first-order chi connectivity index (χ1) is 46.6. The normalized spacial score (nSPS) is 13.0. The molecule has 0 aliphatic heterocycles. The number of carboxylic acid groups (broad SMARTS) is 1. The molecule has 9 nitrogen and oxygen atoms in total. The fourth-order valence-electron chi connectivity index (χ4n) is 12.3. The summed E-state index contributed by atoms with van der Waals surface area (Å²) in [7, 11) is 5.95. The summed E-state index contributed by atoms with van der Waals surface area (Å²) in [4.78, 5) is 37.6. The van der Waals surface area contributed by atoms with Crippen LogP contribution in [-0.4, -0.2) is 82.3 Å². The van der Waals surface area contributed by atoms with Crippen molar-refractivity contribution in [2.24, 2.45) is 0 Å². The molecule has 0 aromatic carbocycles. The molecule has 0 radical (unpaired) electrons. The van der Waals surface area contributed by atoms with Crippen LogP contribution in [0.25, 0.3) is 0 Å². The average molecular weight is 1330 g/mol. The molecule has 0 saturated heterocycles. The van der Waals surface area contributed by atoms with E-state index < -0.39 is 24.3 Å². The molecule has 95 heavy (non-hydrogen) atoms. The number of esters is 2. The van der Waals surface area contributed by atoms with Gasteiger partial charge in [0.25, 0.3) is 0 Å². The second-order valence-electron chi connectivity index (χ2n) is 29.0. The zero-order chi connectivity index (χ0) is 69.0. The standard InChI is InChI=1S/C86H157NO8/c1-6-8-10-12-14-16-18-20-22-24-26-28-30-32-34-36-38-40-42-44-46-48-50-52-54-56-58-60-62-64-66-68-70-72-74-76-83(88)93-80-82(81-94-86(85(90)91)92-79-78-87(3,4)5)95-84(89)77-75-73-71-69-67-65-63-61-59-57-55-53-51-49-47-45-43-41-39-37-35-33-31-29-27-25-23-21-19-17-15-13-11-9-7-2/h9,11,15,17,21,23,27,29,33,35,39,41,82,86H,6-8,10,12-14,16,18-20,22,24-26,28,30-32,34,36-38,40,42-81H2,1-5H3/b11-9-,17-15-,23-21-,29-27-,35-33-,41-39-. The van der Waals surface area contributed by atoms with Crippen molar-refractivity contribution in [1.82, 2.24) is 0 Å². The third kappa shape index (κ3) is 77.9. The molecule has 0 fully saturated rings. The molecule has 0 N–H and O–H groups in total. The lowest BCUT2D eigenvalue weighted by Crippen LogP contribution is -2.44. The molecule has 2 unspecified atom stereocenters. The van der Waals surface area contributed by atoms with E-state index in [4.69, 9.17) is 18.9 Å². The third-order valence-corrected chi connectivity index (χ3v) is 18.5. The van der Waals surface area contributed by atoms with Gasteiger partial charge < -0.3 is 33.3 Å². The molecule has 0 bridgehead atoms. The lowest BCUT2D eigenvalue weighted by Gasteiger charge is -2.26. The van der Waals surface area contributed by atoms with Crippen LogP contribution in [0.3, 0.4) is 0 Å². The van der Waals surface area contributed by atoms with Gasteiger partial charge in [-0.3, -0.25) is 9.59 Å². The topological polar surface area (TPSA) is 111 Å². The van der Waals surface area contributed by atoms with Crippen LogP contribution in [-0.2, 0) is 33.3 Å². The van der Waals surface area contributed by atoms with Crippen molar-refractivity contribution >= 4 is 17.9 Å². The second-order valence-corrected chi connectivity index (χ2v) is 29.0. The third-order valence-electron chi connectivity index (χ3n) is 18.5. The predicted octanol–water partition coefficient (Wildman–Crippen LogP) is 25.0. The lowest BCUT2D eigenvalue weighted by molar-refractivity contribution is -0.870. The molecule has 554 valence electrons. The van der Waals surface area contributed by atoms with E-state index in [1.165, 1.54) is 295 Å². The Labute approximate surface area is 589 Å². The molecular formula is C86H157NO8. The maximum Gasteiger partial charge on any atom is 0.306 e. The molecule has 0 aromatic rings. The van der Waals surface area contributed by atoms with Gasteiger partial charge in [0.1, 0.15) is 13.2 Å². The zero-order valence-electron chi connectivity index (χ0n) is 63.6. The number of likely N-dealkylation sites (N-methyl/N-ethyl adjacent to an activating group) is 1. The van der Waals surface area contributed by atoms with Crippen LogP contribution in [0.2, 0.25) is 0 Å². The zero-order valence-corrected chi connectivity index (χ0v) is 63.6. The lowest BCUT2D eigenvalue weighted by atomic mass is 10.0. The van der Waals surface area contributed by atoms with Crippen molar-refractivity contribution in [3.8, 4) is 0 Å². The Hall–Kier alpha value is -3.27. The van der Waals surface area contributed by atoms with Gasteiger partial charge in [-0.25, -0.2) is 0 Å². The van der Waals surface area contributed by atoms with Gasteiger partial charge in [0, 0.05) is 12.8 Å². The van der Waals surface area contributed by atoms with E-state index in [1.54, 1.807) is 0 Å². The van der Waals surface area contributed by atoms with Crippen molar-refractivity contribution < 1.29 is 42.9 Å². The Morgan fingerprint density at radius 2 is 0.600 bits per heavy atom. The molecule has 0 aromatic heterocycles. The fourth-order valence-corrected chi connectivity index (χ4v) is 12.3. The number of rotatable bonds is 77. The van der Waals surface area contributed by atoms with Crippen molar-refractivity contribution in [2.75, 3.05) is 47.5 Å². The van der Waals surface area contributed by atoms with Gasteiger partial charge in [-0.15, -0.1) is 0 Å². The summed E-state index contributed by atoms with van der Waals surface area (Å²) >= 11 is 0. The Morgan fingerprint density at radius 3 is 0.895 bits per heavy atom. The van der Waals surface area contributed by atoms with E-state index in [9.17, 15) is 19.5 Å². The smallest absolute Gasteiger partial charge is 0.306 e. The summed E-state index contributed by atoms with van der Waals surface area (Å²) in [5.74, 6) is -2.26. The van der Waals surface area contributed by atoms with Crippen LogP contribution in [0, 0.1) is 0 Å². The molecule has 0 saturated carbocycles. The van der Waals surface area contributed by atoms with Gasteiger partial charge in [0.15, 0.2) is 12.4 Å².